The summed E-state index contributed by atoms with van der Waals surface area (Å²) in [5.41, 5.74) is 5.06. The van der Waals surface area contributed by atoms with Crippen LogP contribution in [0.15, 0.2) is 83.1 Å². The topological polar surface area (TPSA) is 134 Å². The molecule has 0 saturated carbocycles. The van der Waals surface area contributed by atoms with Gasteiger partial charge in [0, 0.05) is 35.0 Å². The van der Waals surface area contributed by atoms with E-state index >= 15 is 0 Å². The van der Waals surface area contributed by atoms with E-state index < -0.39 is 4.92 Å². The lowest BCUT2D eigenvalue weighted by molar-refractivity contribution is -0.384. The number of rotatable bonds is 10. The maximum Gasteiger partial charge on any atom is 0.270 e. The van der Waals surface area contributed by atoms with E-state index in [9.17, 15) is 14.9 Å². The average Bonchev–Trinajstić information content (AvgIpc) is 3.39. The Bertz CT molecular complexity index is 1490. The first-order chi connectivity index (χ1) is 18.4. The van der Waals surface area contributed by atoms with Crippen LogP contribution in [-0.4, -0.2) is 51.3 Å². The zero-order valence-corrected chi connectivity index (χ0v) is 21.6. The van der Waals surface area contributed by atoms with E-state index in [1.54, 1.807) is 56.0 Å². The van der Waals surface area contributed by atoms with Crippen molar-refractivity contribution in [2.45, 2.75) is 12.1 Å². The number of hydrogen-bond acceptors (Lipinski definition) is 9. The summed E-state index contributed by atoms with van der Waals surface area (Å²) in [6.07, 6.45) is 0. The minimum absolute atomic E-state index is 0.0103. The van der Waals surface area contributed by atoms with Crippen molar-refractivity contribution in [1.29, 1.82) is 0 Å². The number of aromatic nitrogens is 3. The smallest absolute Gasteiger partial charge is 0.270 e. The molecule has 0 atom stereocenters. The number of amides is 1. The third-order valence-electron chi connectivity index (χ3n) is 5.44. The molecule has 1 heterocycles. The number of ether oxygens (including phenoxy) is 2. The number of carbonyl (C=O) groups excluding carboxylic acids is 1. The quantitative estimate of drug-likeness (QED) is 0.137. The molecule has 0 aliphatic heterocycles. The second kappa shape index (κ2) is 12.0. The van der Waals surface area contributed by atoms with Gasteiger partial charge in [-0.3, -0.25) is 19.5 Å². The summed E-state index contributed by atoms with van der Waals surface area (Å²) in [7, 11) is 3.12. The van der Waals surface area contributed by atoms with Gasteiger partial charge in [0.25, 0.3) is 11.6 Å². The normalized spacial score (nSPS) is 11.2. The first kappa shape index (κ1) is 26.4. The van der Waals surface area contributed by atoms with E-state index in [1.807, 2.05) is 30.3 Å². The van der Waals surface area contributed by atoms with Gasteiger partial charge in [0.1, 0.15) is 11.5 Å². The first-order valence-electron chi connectivity index (χ1n) is 11.3. The molecule has 3 aromatic carbocycles. The second-order valence-electron chi connectivity index (χ2n) is 7.87. The van der Waals surface area contributed by atoms with Gasteiger partial charge in [-0.05, 0) is 31.2 Å². The average molecular weight is 533 g/mol. The van der Waals surface area contributed by atoms with Crippen molar-refractivity contribution in [3.63, 3.8) is 0 Å². The number of hydrazone groups is 1. The summed E-state index contributed by atoms with van der Waals surface area (Å²) in [5.74, 6) is 1.30. The Kier molecular flexibility index (Phi) is 8.34. The predicted octanol–water partition coefficient (Wildman–Crippen LogP) is 4.49. The summed E-state index contributed by atoms with van der Waals surface area (Å²) in [5, 5.41) is 24.5. The number of nitro benzene ring substituents is 1. The summed E-state index contributed by atoms with van der Waals surface area (Å²) < 4.78 is 12.4. The van der Waals surface area contributed by atoms with E-state index in [-0.39, 0.29) is 17.3 Å². The van der Waals surface area contributed by atoms with Crippen LogP contribution in [0.25, 0.3) is 17.1 Å². The molecule has 0 bridgehead atoms. The van der Waals surface area contributed by atoms with Crippen LogP contribution in [0.2, 0.25) is 0 Å². The number of hydrogen-bond donors (Lipinski definition) is 1. The number of para-hydroxylation sites is 1. The van der Waals surface area contributed by atoms with Gasteiger partial charge in [-0.25, -0.2) is 5.43 Å². The van der Waals surface area contributed by atoms with Crippen molar-refractivity contribution in [3.8, 4) is 28.6 Å². The van der Waals surface area contributed by atoms with Crippen molar-refractivity contribution in [2.24, 2.45) is 5.10 Å². The third kappa shape index (κ3) is 5.98. The largest absolute Gasteiger partial charge is 0.497 e. The van der Waals surface area contributed by atoms with Crippen molar-refractivity contribution in [2.75, 3.05) is 20.0 Å². The fourth-order valence-corrected chi connectivity index (χ4v) is 4.33. The number of carbonyl (C=O) groups is 1. The third-order valence-corrected chi connectivity index (χ3v) is 6.37. The van der Waals surface area contributed by atoms with Crippen LogP contribution in [0.3, 0.4) is 0 Å². The summed E-state index contributed by atoms with van der Waals surface area (Å²) >= 11 is 1.17. The Hall–Kier alpha value is -4.71. The van der Waals surface area contributed by atoms with Gasteiger partial charge in [0.05, 0.1) is 30.6 Å². The molecular formula is C26H24N6O5S. The predicted molar refractivity (Wildman–Crippen MR) is 144 cm³/mol. The molecule has 1 aromatic heterocycles. The summed E-state index contributed by atoms with van der Waals surface area (Å²) in [4.78, 5) is 23.4. The van der Waals surface area contributed by atoms with Gasteiger partial charge < -0.3 is 9.47 Å². The number of thioether (sulfide) groups is 1. The van der Waals surface area contributed by atoms with Gasteiger partial charge >= 0.3 is 0 Å². The highest BCUT2D eigenvalue weighted by atomic mass is 32.2. The molecule has 0 saturated heterocycles. The summed E-state index contributed by atoms with van der Waals surface area (Å²) in [6, 6.07) is 20.8. The molecule has 1 amide bonds. The number of non-ortho nitro benzene ring substituents is 1. The lowest BCUT2D eigenvalue weighted by Gasteiger charge is -2.11. The maximum atomic E-state index is 12.6. The Labute approximate surface area is 222 Å². The van der Waals surface area contributed by atoms with Crippen molar-refractivity contribution < 1.29 is 19.2 Å². The van der Waals surface area contributed by atoms with Crippen LogP contribution in [-0.2, 0) is 4.79 Å². The van der Waals surface area contributed by atoms with Crippen LogP contribution in [0, 0.1) is 10.1 Å². The Morgan fingerprint density at radius 2 is 1.84 bits per heavy atom. The molecule has 0 aliphatic rings. The minimum atomic E-state index is -0.462. The van der Waals surface area contributed by atoms with Crippen LogP contribution in [0.4, 0.5) is 5.69 Å². The SMILES string of the molecule is COc1ccc(/C(C)=N/NC(=O)CSc2nnc(-c3cccc([N+](=O)[O-])c3)n2-c2ccccc2)c(OC)c1. The number of benzene rings is 3. The molecule has 0 fully saturated rings. The van der Waals surface area contributed by atoms with Crippen LogP contribution in [0.1, 0.15) is 12.5 Å². The molecule has 11 nitrogen and oxygen atoms in total. The van der Waals surface area contributed by atoms with Gasteiger partial charge in [-0.15, -0.1) is 10.2 Å². The van der Waals surface area contributed by atoms with E-state index in [4.69, 9.17) is 9.47 Å². The maximum absolute atomic E-state index is 12.6. The van der Waals surface area contributed by atoms with Gasteiger partial charge in [-0.2, -0.15) is 5.10 Å². The molecule has 0 aliphatic carbocycles. The molecule has 0 spiro atoms. The lowest BCUT2D eigenvalue weighted by atomic mass is 10.1. The number of methoxy groups -OCH3 is 2. The molecular weight excluding hydrogens is 508 g/mol. The Balaban J connectivity index is 1.53. The molecule has 0 radical (unpaired) electrons. The van der Waals surface area contributed by atoms with Gasteiger partial charge in [0.15, 0.2) is 11.0 Å². The molecule has 194 valence electrons. The van der Waals surface area contributed by atoms with Crippen molar-refractivity contribution in [1.82, 2.24) is 20.2 Å². The van der Waals surface area contributed by atoms with Crippen molar-refractivity contribution >= 4 is 29.1 Å². The fraction of sp³-hybridized carbons (Fsp3) is 0.154. The highest BCUT2D eigenvalue weighted by Gasteiger charge is 2.19. The number of nitrogens with one attached hydrogen (secondary N) is 1. The molecule has 38 heavy (non-hydrogen) atoms. The number of nitrogens with zero attached hydrogens (tertiary/aromatic N) is 5. The monoisotopic (exact) mass is 532 g/mol. The number of nitro groups is 1. The van der Waals surface area contributed by atoms with E-state index in [2.05, 4.69) is 20.7 Å². The standard InChI is InChI=1S/C26H24N6O5S/c1-17(22-13-12-21(36-2)15-23(22)37-3)27-28-24(33)16-38-26-30-29-25(31(26)19-9-5-4-6-10-19)18-8-7-11-20(14-18)32(34)35/h4-15H,16H2,1-3H3,(H,28,33)/b27-17+. The zero-order chi connectivity index (χ0) is 27.1. The van der Waals surface area contributed by atoms with Crippen LogP contribution >= 0.6 is 11.8 Å². The molecule has 1 N–H and O–H groups in total. The molecule has 4 rings (SSSR count). The minimum Gasteiger partial charge on any atom is -0.497 e. The Morgan fingerprint density at radius 3 is 2.55 bits per heavy atom. The van der Waals surface area contributed by atoms with Gasteiger partial charge in [0.2, 0.25) is 0 Å². The van der Waals surface area contributed by atoms with E-state index in [0.717, 1.165) is 5.69 Å². The van der Waals surface area contributed by atoms with Crippen LogP contribution in [0.5, 0.6) is 11.5 Å². The van der Waals surface area contributed by atoms with E-state index in [0.29, 0.717) is 39.3 Å². The lowest BCUT2D eigenvalue weighted by Crippen LogP contribution is -2.21. The first-order valence-corrected chi connectivity index (χ1v) is 12.3. The zero-order valence-electron chi connectivity index (χ0n) is 20.8. The Morgan fingerprint density at radius 1 is 1.05 bits per heavy atom. The van der Waals surface area contributed by atoms with Crippen LogP contribution < -0.4 is 14.9 Å². The highest BCUT2D eigenvalue weighted by molar-refractivity contribution is 7.99. The van der Waals surface area contributed by atoms with Crippen molar-refractivity contribution in [3.05, 3.63) is 88.5 Å². The molecule has 12 heteroatoms. The molecule has 4 aromatic rings. The van der Waals surface area contributed by atoms with Gasteiger partial charge in [-0.1, -0.05) is 42.1 Å². The molecule has 0 unspecified atom stereocenters. The van der Waals surface area contributed by atoms with E-state index in [1.165, 1.54) is 23.9 Å². The second-order valence-corrected chi connectivity index (χ2v) is 8.81. The summed E-state index contributed by atoms with van der Waals surface area (Å²) in [6.45, 7) is 1.76. The fourth-order valence-electron chi connectivity index (χ4n) is 3.58. The highest BCUT2D eigenvalue weighted by Crippen LogP contribution is 2.30.